The van der Waals surface area contributed by atoms with Gasteiger partial charge in [0.05, 0.1) is 10.9 Å². The van der Waals surface area contributed by atoms with Gasteiger partial charge in [-0.2, -0.15) is 0 Å². The molecular weight excluding hydrogens is 346 g/mol. The number of aromatic nitrogens is 5. The van der Waals surface area contributed by atoms with Gasteiger partial charge in [-0.3, -0.25) is 18.7 Å². The fourth-order valence-electron chi connectivity index (χ4n) is 2.99. The maximum Gasteiger partial charge on any atom is 0.262 e. The summed E-state index contributed by atoms with van der Waals surface area (Å²) in [4.78, 5) is 17.1. The van der Waals surface area contributed by atoms with Gasteiger partial charge in [0.1, 0.15) is 0 Å². The van der Waals surface area contributed by atoms with Crippen molar-refractivity contribution in [1.82, 2.24) is 24.1 Å². The zero-order chi connectivity index (χ0) is 18.1. The summed E-state index contributed by atoms with van der Waals surface area (Å²) in [5.74, 6) is 1.67. The lowest BCUT2D eigenvalue weighted by molar-refractivity contribution is 0.517. The van der Waals surface area contributed by atoms with Crippen molar-refractivity contribution in [2.24, 2.45) is 5.92 Å². The summed E-state index contributed by atoms with van der Waals surface area (Å²) >= 11 is 1.59. The number of hydrogen-bond donors (Lipinski definition) is 0. The fourth-order valence-corrected chi connectivity index (χ4v) is 3.86. The minimum absolute atomic E-state index is 0.0157. The van der Waals surface area contributed by atoms with Crippen LogP contribution < -0.4 is 5.56 Å². The molecule has 4 rings (SSSR count). The van der Waals surface area contributed by atoms with Crippen LogP contribution in [0.4, 0.5) is 0 Å². The molecule has 4 aromatic rings. The SMILES string of the molecule is CC(C)Cn1c(=O)c2ccccc2n2c(SCc3cccnc3)nnc12. The van der Waals surface area contributed by atoms with Gasteiger partial charge in [0, 0.05) is 24.7 Å². The Labute approximate surface area is 154 Å². The molecule has 0 spiro atoms. The number of benzene rings is 1. The maximum absolute atomic E-state index is 12.9. The Morgan fingerprint density at radius 3 is 2.73 bits per heavy atom. The summed E-state index contributed by atoms with van der Waals surface area (Å²) < 4.78 is 3.72. The van der Waals surface area contributed by atoms with Crippen LogP contribution in [0.1, 0.15) is 19.4 Å². The van der Waals surface area contributed by atoms with E-state index < -0.39 is 0 Å². The average Bonchev–Trinajstić information content (AvgIpc) is 3.08. The summed E-state index contributed by atoms with van der Waals surface area (Å²) in [5.41, 5.74) is 1.94. The average molecular weight is 365 g/mol. The number of rotatable bonds is 5. The van der Waals surface area contributed by atoms with Gasteiger partial charge in [-0.15, -0.1) is 10.2 Å². The molecule has 1 aromatic carbocycles. The second-order valence-electron chi connectivity index (χ2n) is 6.59. The highest BCUT2D eigenvalue weighted by molar-refractivity contribution is 7.98. The first-order valence-electron chi connectivity index (χ1n) is 8.53. The summed E-state index contributed by atoms with van der Waals surface area (Å²) in [7, 11) is 0. The van der Waals surface area contributed by atoms with Crippen LogP contribution in [-0.4, -0.2) is 24.1 Å². The Morgan fingerprint density at radius 1 is 1.12 bits per heavy atom. The van der Waals surface area contributed by atoms with Gasteiger partial charge in [0.15, 0.2) is 5.16 Å². The minimum Gasteiger partial charge on any atom is -0.276 e. The highest BCUT2D eigenvalue weighted by Gasteiger charge is 2.17. The van der Waals surface area contributed by atoms with Gasteiger partial charge < -0.3 is 0 Å². The van der Waals surface area contributed by atoms with E-state index in [9.17, 15) is 4.79 Å². The molecule has 0 aliphatic rings. The molecule has 0 aliphatic carbocycles. The van der Waals surface area contributed by atoms with Crippen molar-refractivity contribution in [1.29, 1.82) is 0 Å². The van der Waals surface area contributed by atoms with Crippen LogP contribution in [0, 0.1) is 5.92 Å². The molecule has 0 bridgehead atoms. The monoisotopic (exact) mass is 365 g/mol. The third-order valence-corrected chi connectivity index (χ3v) is 5.12. The summed E-state index contributed by atoms with van der Waals surface area (Å²) in [6.45, 7) is 4.79. The molecular formula is C19H19N5OS. The molecule has 0 saturated carbocycles. The highest BCUT2D eigenvalue weighted by Crippen LogP contribution is 2.24. The van der Waals surface area contributed by atoms with E-state index in [-0.39, 0.29) is 5.56 Å². The van der Waals surface area contributed by atoms with Crippen molar-refractivity contribution < 1.29 is 0 Å². The van der Waals surface area contributed by atoms with Crippen LogP contribution in [0.5, 0.6) is 0 Å². The van der Waals surface area contributed by atoms with Gasteiger partial charge in [0.2, 0.25) is 5.78 Å². The van der Waals surface area contributed by atoms with Crippen LogP contribution in [0.25, 0.3) is 16.7 Å². The maximum atomic E-state index is 12.9. The molecule has 0 N–H and O–H groups in total. The van der Waals surface area contributed by atoms with E-state index in [4.69, 9.17) is 0 Å². The molecule has 0 radical (unpaired) electrons. The zero-order valence-corrected chi connectivity index (χ0v) is 15.5. The quantitative estimate of drug-likeness (QED) is 0.507. The Hall–Kier alpha value is -2.67. The van der Waals surface area contributed by atoms with Crippen LogP contribution in [0.15, 0.2) is 58.7 Å². The lowest BCUT2D eigenvalue weighted by Gasteiger charge is -2.12. The van der Waals surface area contributed by atoms with Crippen molar-refractivity contribution in [2.75, 3.05) is 0 Å². The molecule has 0 saturated heterocycles. The van der Waals surface area contributed by atoms with Crippen molar-refractivity contribution in [3.8, 4) is 0 Å². The van der Waals surface area contributed by atoms with Gasteiger partial charge in [-0.1, -0.05) is 43.8 Å². The number of nitrogens with zero attached hydrogens (tertiary/aromatic N) is 5. The van der Waals surface area contributed by atoms with E-state index in [2.05, 4.69) is 29.0 Å². The third kappa shape index (κ3) is 2.99. The topological polar surface area (TPSA) is 65.1 Å². The number of hydrogen-bond acceptors (Lipinski definition) is 5. The largest absolute Gasteiger partial charge is 0.276 e. The molecule has 0 aliphatic heterocycles. The first-order chi connectivity index (χ1) is 12.6. The first kappa shape index (κ1) is 16.8. The molecule has 3 aromatic heterocycles. The van der Waals surface area contributed by atoms with E-state index in [0.717, 1.165) is 22.0 Å². The second-order valence-corrected chi connectivity index (χ2v) is 7.54. The molecule has 26 heavy (non-hydrogen) atoms. The Kier molecular flexibility index (Phi) is 4.46. The van der Waals surface area contributed by atoms with Gasteiger partial charge in [-0.05, 0) is 29.7 Å². The molecule has 6 nitrogen and oxygen atoms in total. The lowest BCUT2D eigenvalue weighted by atomic mass is 10.2. The molecule has 3 heterocycles. The van der Waals surface area contributed by atoms with E-state index >= 15 is 0 Å². The molecule has 7 heteroatoms. The Balaban J connectivity index is 1.87. The lowest BCUT2D eigenvalue weighted by Crippen LogP contribution is -2.25. The van der Waals surface area contributed by atoms with Crippen molar-refractivity contribution in [2.45, 2.75) is 31.3 Å². The molecule has 0 fully saturated rings. The zero-order valence-electron chi connectivity index (χ0n) is 14.7. The van der Waals surface area contributed by atoms with Crippen molar-refractivity contribution in [3.05, 3.63) is 64.7 Å². The minimum atomic E-state index is -0.0157. The van der Waals surface area contributed by atoms with E-state index in [1.54, 1.807) is 22.5 Å². The number of thioether (sulfide) groups is 1. The number of fused-ring (bicyclic) bond motifs is 3. The Morgan fingerprint density at radius 2 is 1.96 bits per heavy atom. The summed E-state index contributed by atoms with van der Waals surface area (Å²) in [5, 5.41) is 10.2. The summed E-state index contributed by atoms with van der Waals surface area (Å²) in [6, 6.07) is 11.6. The predicted molar refractivity (Wildman–Crippen MR) is 103 cm³/mol. The van der Waals surface area contributed by atoms with Crippen LogP contribution in [0.3, 0.4) is 0 Å². The second kappa shape index (κ2) is 6.92. The predicted octanol–water partition coefficient (Wildman–Crippen LogP) is 3.39. The molecule has 0 atom stereocenters. The van der Waals surface area contributed by atoms with Crippen LogP contribution >= 0.6 is 11.8 Å². The van der Waals surface area contributed by atoms with Crippen LogP contribution in [0.2, 0.25) is 0 Å². The number of para-hydroxylation sites is 1. The van der Waals surface area contributed by atoms with Crippen molar-refractivity contribution in [3.63, 3.8) is 0 Å². The van der Waals surface area contributed by atoms with E-state index in [0.29, 0.717) is 23.6 Å². The third-order valence-electron chi connectivity index (χ3n) is 4.12. The molecule has 0 amide bonds. The molecule has 0 unspecified atom stereocenters. The normalized spacial score (nSPS) is 11.7. The van der Waals surface area contributed by atoms with Gasteiger partial charge >= 0.3 is 0 Å². The molecule has 132 valence electrons. The van der Waals surface area contributed by atoms with E-state index in [1.807, 2.05) is 47.0 Å². The number of pyridine rings is 1. The van der Waals surface area contributed by atoms with Crippen molar-refractivity contribution >= 4 is 28.4 Å². The summed E-state index contributed by atoms with van der Waals surface area (Å²) in [6.07, 6.45) is 3.61. The van der Waals surface area contributed by atoms with Gasteiger partial charge in [-0.25, -0.2) is 0 Å². The highest BCUT2D eigenvalue weighted by atomic mass is 32.2. The smallest absolute Gasteiger partial charge is 0.262 e. The first-order valence-corrected chi connectivity index (χ1v) is 9.52. The van der Waals surface area contributed by atoms with Crippen LogP contribution in [-0.2, 0) is 12.3 Å². The van der Waals surface area contributed by atoms with E-state index in [1.165, 1.54) is 0 Å². The fraction of sp³-hybridized carbons (Fsp3) is 0.263. The van der Waals surface area contributed by atoms with Gasteiger partial charge in [0.25, 0.3) is 5.56 Å². The Bertz CT molecular complexity index is 1120. The standard InChI is InChI=1S/C19H19N5OS/c1-13(2)11-23-17(25)15-7-3-4-8-16(15)24-18(23)21-22-19(24)26-12-14-6-5-9-20-10-14/h3-10,13H,11-12H2,1-2H3.